The third-order valence-corrected chi connectivity index (χ3v) is 3.39. The first-order valence-corrected chi connectivity index (χ1v) is 6.33. The molecule has 2 aromatic rings. The summed E-state index contributed by atoms with van der Waals surface area (Å²) < 4.78 is 0. The first-order chi connectivity index (χ1) is 8.70. The van der Waals surface area contributed by atoms with Crippen LogP contribution in [0.5, 0.6) is 0 Å². The van der Waals surface area contributed by atoms with Gasteiger partial charge in [0.05, 0.1) is 16.7 Å². The van der Waals surface area contributed by atoms with Crippen LogP contribution >= 0.6 is 23.2 Å². The lowest BCUT2D eigenvalue weighted by Gasteiger charge is -2.10. The predicted molar refractivity (Wildman–Crippen MR) is 76.2 cm³/mol. The average Bonchev–Trinajstić information content (AvgIpc) is 2.40. The summed E-state index contributed by atoms with van der Waals surface area (Å²) in [6, 6.07) is 13.2. The molecular formula is C14H13Cl2NO. The topological polar surface area (TPSA) is 32.3 Å². The number of aliphatic hydroxyl groups excluding tert-OH is 1. The highest BCUT2D eigenvalue weighted by atomic mass is 35.5. The summed E-state index contributed by atoms with van der Waals surface area (Å²) in [5, 5.41) is 13.6. The third-order valence-electron chi connectivity index (χ3n) is 2.65. The number of nitrogens with one attached hydrogen (secondary N) is 1. The van der Waals surface area contributed by atoms with Crippen LogP contribution in [-0.4, -0.2) is 5.11 Å². The number of rotatable bonds is 4. The number of aliphatic hydroxyl groups is 1. The summed E-state index contributed by atoms with van der Waals surface area (Å²) in [6.07, 6.45) is 0. The second kappa shape index (κ2) is 6.10. The van der Waals surface area contributed by atoms with Gasteiger partial charge in [0, 0.05) is 17.8 Å². The van der Waals surface area contributed by atoms with Crippen molar-refractivity contribution in [3.8, 4) is 0 Å². The fourth-order valence-corrected chi connectivity index (χ4v) is 2.00. The number of halogens is 2. The van der Waals surface area contributed by atoms with Crippen molar-refractivity contribution in [1.82, 2.24) is 0 Å². The van der Waals surface area contributed by atoms with Gasteiger partial charge < -0.3 is 10.4 Å². The quantitative estimate of drug-likeness (QED) is 0.885. The number of benzene rings is 2. The van der Waals surface area contributed by atoms with E-state index in [0.717, 1.165) is 16.8 Å². The highest BCUT2D eigenvalue weighted by Gasteiger charge is 2.02. The van der Waals surface area contributed by atoms with E-state index in [2.05, 4.69) is 5.32 Å². The summed E-state index contributed by atoms with van der Waals surface area (Å²) in [6.45, 7) is 0.651. The van der Waals surface area contributed by atoms with Crippen molar-refractivity contribution in [2.24, 2.45) is 0 Å². The van der Waals surface area contributed by atoms with Gasteiger partial charge in [-0.05, 0) is 23.8 Å². The van der Waals surface area contributed by atoms with E-state index >= 15 is 0 Å². The normalized spacial score (nSPS) is 10.4. The van der Waals surface area contributed by atoms with Crippen LogP contribution in [-0.2, 0) is 13.2 Å². The van der Waals surface area contributed by atoms with E-state index in [4.69, 9.17) is 23.2 Å². The van der Waals surface area contributed by atoms with E-state index in [-0.39, 0.29) is 6.61 Å². The fourth-order valence-electron chi connectivity index (χ4n) is 1.68. The molecule has 0 radical (unpaired) electrons. The molecule has 0 aliphatic carbocycles. The number of hydrogen-bond donors (Lipinski definition) is 2. The molecule has 4 heteroatoms. The van der Waals surface area contributed by atoms with Gasteiger partial charge in [-0.3, -0.25) is 0 Å². The van der Waals surface area contributed by atoms with Crippen LogP contribution in [0.4, 0.5) is 5.69 Å². The standard InChI is InChI=1S/C14H13Cl2NO/c15-12-6-5-10(7-13(12)16)8-17-14-4-2-1-3-11(14)9-18/h1-7,17-18H,8-9H2. The van der Waals surface area contributed by atoms with Gasteiger partial charge in [-0.2, -0.15) is 0 Å². The molecule has 0 atom stereocenters. The fraction of sp³-hybridized carbons (Fsp3) is 0.143. The van der Waals surface area contributed by atoms with E-state index < -0.39 is 0 Å². The molecule has 2 nitrogen and oxygen atoms in total. The van der Waals surface area contributed by atoms with E-state index in [1.807, 2.05) is 36.4 Å². The van der Waals surface area contributed by atoms with Gasteiger partial charge in [0.25, 0.3) is 0 Å². The van der Waals surface area contributed by atoms with Crippen LogP contribution in [0.15, 0.2) is 42.5 Å². The lowest BCUT2D eigenvalue weighted by molar-refractivity contribution is 0.282. The zero-order chi connectivity index (χ0) is 13.0. The van der Waals surface area contributed by atoms with Crippen LogP contribution in [0, 0.1) is 0 Å². The Labute approximate surface area is 116 Å². The van der Waals surface area contributed by atoms with E-state index in [0.29, 0.717) is 16.6 Å². The van der Waals surface area contributed by atoms with Crippen LogP contribution in [0.1, 0.15) is 11.1 Å². The minimum Gasteiger partial charge on any atom is -0.392 e. The molecule has 2 rings (SSSR count). The molecule has 2 aromatic carbocycles. The highest BCUT2D eigenvalue weighted by Crippen LogP contribution is 2.23. The molecule has 0 saturated heterocycles. The maximum Gasteiger partial charge on any atom is 0.0701 e. The maximum atomic E-state index is 9.22. The first-order valence-electron chi connectivity index (χ1n) is 5.57. The van der Waals surface area contributed by atoms with E-state index in [1.54, 1.807) is 6.07 Å². The summed E-state index contributed by atoms with van der Waals surface area (Å²) in [5.74, 6) is 0. The Balaban J connectivity index is 2.09. The van der Waals surface area contributed by atoms with Crippen LogP contribution < -0.4 is 5.32 Å². The van der Waals surface area contributed by atoms with Crippen molar-refractivity contribution in [3.63, 3.8) is 0 Å². The largest absolute Gasteiger partial charge is 0.392 e. The van der Waals surface area contributed by atoms with Gasteiger partial charge in [-0.1, -0.05) is 47.5 Å². The average molecular weight is 282 g/mol. The zero-order valence-corrected chi connectivity index (χ0v) is 11.2. The number of para-hydroxylation sites is 1. The van der Waals surface area contributed by atoms with Crippen molar-refractivity contribution >= 4 is 28.9 Å². The second-order valence-electron chi connectivity index (χ2n) is 3.92. The monoisotopic (exact) mass is 281 g/mol. The van der Waals surface area contributed by atoms with E-state index in [9.17, 15) is 5.11 Å². The van der Waals surface area contributed by atoms with Gasteiger partial charge in [-0.15, -0.1) is 0 Å². The Hall–Kier alpha value is -1.22. The molecule has 0 unspecified atom stereocenters. The molecule has 0 amide bonds. The third kappa shape index (κ3) is 3.16. The van der Waals surface area contributed by atoms with Crippen molar-refractivity contribution in [2.45, 2.75) is 13.2 Å². The van der Waals surface area contributed by atoms with Gasteiger partial charge in [-0.25, -0.2) is 0 Å². The van der Waals surface area contributed by atoms with Crippen LogP contribution in [0.25, 0.3) is 0 Å². The maximum absolute atomic E-state index is 9.22. The number of hydrogen-bond acceptors (Lipinski definition) is 2. The van der Waals surface area contributed by atoms with Crippen LogP contribution in [0.3, 0.4) is 0 Å². The first kappa shape index (κ1) is 13.2. The molecule has 0 bridgehead atoms. The van der Waals surface area contributed by atoms with Crippen molar-refractivity contribution < 1.29 is 5.11 Å². The molecule has 0 spiro atoms. The smallest absolute Gasteiger partial charge is 0.0701 e. The molecule has 2 N–H and O–H groups in total. The molecule has 0 saturated carbocycles. The predicted octanol–water partition coefficient (Wildman–Crippen LogP) is 4.10. The summed E-state index contributed by atoms with van der Waals surface area (Å²) in [4.78, 5) is 0. The molecule has 94 valence electrons. The van der Waals surface area contributed by atoms with Crippen molar-refractivity contribution in [2.75, 3.05) is 5.32 Å². The number of anilines is 1. The molecule has 0 fully saturated rings. The summed E-state index contributed by atoms with van der Waals surface area (Å²) >= 11 is 11.8. The highest BCUT2D eigenvalue weighted by molar-refractivity contribution is 6.42. The minimum absolute atomic E-state index is 0.0184. The van der Waals surface area contributed by atoms with Crippen LogP contribution in [0.2, 0.25) is 10.0 Å². The Bertz CT molecular complexity index is 543. The lowest BCUT2D eigenvalue weighted by atomic mass is 10.1. The Morgan fingerprint density at radius 2 is 1.78 bits per heavy atom. The Morgan fingerprint density at radius 3 is 2.50 bits per heavy atom. The molecular weight excluding hydrogens is 269 g/mol. The van der Waals surface area contributed by atoms with E-state index in [1.165, 1.54) is 0 Å². The second-order valence-corrected chi connectivity index (χ2v) is 4.73. The minimum atomic E-state index is 0.0184. The Kier molecular flexibility index (Phi) is 4.48. The van der Waals surface area contributed by atoms with Crippen molar-refractivity contribution in [1.29, 1.82) is 0 Å². The summed E-state index contributed by atoms with van der Waals surface area (Å²) in [5.41, 5.74) is 2.83. The van der Waals surface area contributed by atoms with Crippen molar-refractivity contribution in [3.05, 3.63) is 63.6 Å². The lowest BCUT2D eigenvalue weighted by Crippen LogP contribution is -2.02. The molecule has 0 aliphatic rings. The molecule has 0 heterocycles. The molecule has 18 heavy (non-hydrogen) atoms. The SMILES string of the molecule is OCc1ccccc1NCc1ccc(Cl)c(Cl)c1. The van der Waals surface area contributed by atoms with Gasteiger partial charge in [0.2, 0.25) is 0 Å². The summed E-state index contributed by atoms with van der Waals surface area (Å²) in [7, 11) is 0. The zero-order valence-electron chi connectivity index (χ0n) is 9.66. The molecule has 0 aliphatic heterocycles. The van der Waals surface area contributed by atoms with Gasteiger partial charge in [0.15, 0.2) is 0 Å². The molecule has 0 aromatic heterocycles. The van der Waals surface area contributed by atoms with Gasteiger partial charge in [0.1, 0.15) is 0 Å². The Morgan fingerprint density at radius 1 is 1.00 bits per heavy atom. The van der Waals surface area contributed by atoms with Gasteiger partial charge >= 0.3 is 0 Å².